The highest BCUT2D eigenvalue weighted by atomic mass is 32.1. The molecule has 0 amide bonds. The van der Waals surface area contributed by atoms with Gasteiger partial charge in [0.05, 0.1) is 24.0 Å². The number of hydrogen-bond acceptors (Lipinski definition) is 4. The van der Waals surface area contributed by atoms with E-state index in [-0.39, 0.29) is 6.10 Å². The zero-order valence-electron chi connectivity index (χ0n) is 12.5. The van der Waals surface area contributed by atoms with Crippen LogP contribution < -0.4 is 10.1 Å². The lowest BCUT2D eigenvalue weighted by Gasteiger charge is -2.11. The van der Waals surface area contributed by atoms with Crippen molar-refractivity contribution in [2.45, 2.75) is 33.4 Å². The van der Waals surface area contributed by atoms with E-state index in [0.717, 1.165) is 28.6 Å². The van der Waals surface area contributed by atoms with Crippen molar-refractivity contribution in [3.05, 3.63) is 47.2 Å². The number of anilines is 1. The molecular weight excluding hydrogens is 282 g/mol. The standard InChI is InChI=1S/C16H19N3OS/c1-11(2)20-14-6-4-13(5-7-14)17-10-15-12(3)18-16-19(15)8-9-21-16/h4-9,11,17H,10H2,1-3H3. The number of thiazole rings is 1. The fraction of sp³-hybridized carbons (Fsp3) is 0.312. The van der Waals surface area contributed by atoms with Gasteiger partial charge in [0.25, 0.3) is 0 Å². The molecule has 0 aliphatic rings. The van der Waals surface area contributed by atoms with Crippen LogP contribution in [0.1, 0.15) is 25.2 Å². The lowest BCUT2D eigenvalue weighted by molar-refractivity contribution is 0.242. The third-order valence-corrected chi connectivity index (χ3v) is 4.00. The average Bonchev–Trinajstić information content (AvgIpc) is 2.98. The molecule has 2 aromatic heterocycles. The molecule has 2 heterocycles. The van der Waals surface area contributed by atoms with E-state index in [4.69, 9.17) is 4.74 Å². The molecule has 1 aromatic carbocycles. The predicted molar refractivity (Wildman–Crippen MR) is 87.3 cm³/mol. The van der Waals surface area contributed by atoms with Crippen LogP contribution in [0.3, 0.4) is 0 Å². The number of nitrogens with zero attached hydrogens (tertiary/aromatic N) is 2. The molecule has 5 heteroatoms. The molecule has 0 fully saturated rings. The van der Waals surface area contributed by atoms with Crippen LogP contribution >= 0.6 is 11.3 Å². The fourth-order valence-electron chi connectivity index (χ4n) is 2.26. The van der Waals surface area contributed by atoms with Gasteiger partial charge in [-0.25, -0.2) is 4.98 Å². The molecule has 0 atom stereocenters. The monoisotopic (exact) mass is 301 g/mol. The van der Waals surface area contributed by atoms with Crippen molar-refractivity contribution in [1.82, 2.24) is 9.38 Å². The summed E-state index contributed by atoms with van der Waals surface area (Å²) in [5.74, 6) is 0.899. The van der Waals surface area contributed by atoms with Gasteiger partial charge in [-0.15, -0.1) is 11.3 Å². The summed E-state index contributed by atoms with van der Waals surface area (Å²) in [7, 11) is 0. The molecule has 4 nitrogen and oxygen atoms in total. The Hall–Kier alpha value is -2.01. The van der Waals surface area contributed by atoms with Crippen LogP contribution in [0.2, 0.25) is 0 Å². The van der Waals surface area contributed by atoms with E-state index in [9.17, 15) is 0 Å². The van der Waals surface area contributed by atoms with Crippen LogP contribution in [0, 0.1) is 6.92 Å². The molecule has 21 heavy (non-hydrogen) atoms. The Labute approximate surface area is 128 Å². The highest BCUT2D eigenvalue weighted by Crippen LogP contribution is 2.20. The summed E-state index contributed by atoms with van der Waals surface area (Å²) in [6, 6.07) is 8.06. The van der Waals surface area contributed by atoms with Gasteiger partial charge in [0.1, 0.15) is 5.75 Å². The highest BCUT2D eigenvalue weighted by Gasteiger charge is 2.09. The Kier molecular flexibility index (Phi) is 3.84. The van der Waals surface area contributed by atoms with Gasteiger partial charge in [0.2, 0.25) is 0 Å². The van der Waals surface area contributed by atoms with Crippen LogP contribution in [-0.2, 0) is 6.54 Å². The summed E-state index contributed by atoms with van der Waals surface area (Å²) < 4.78 is 7.79. The number of benzene rings is 1. The summed E-state index contributed by atoms with van der Waals surface area (Å²) in [5.41, 5.74) is 3.36. The van der Waals surface area contributed by atoms with Crippen molar-refractivity contribution < 1.29 is 4.74 Å². The maximum absolute atomic E-state index is 5.65. The zero-order valence-corrected chi connectivity index (χ0v) is 13.3. The predicted octanol–water partition coefficient (Wildman–Crippen LogP) is 4.10. The van der Waals surface area contributed by atoms with Gasteiger partial charge in [-0.05, 0) is 45.0 Å². The highest BCUT2D eigenvalue weighted by molar-refractivity contribution is 7.15. The van der Waals surface area contributed by atoms with E-state index in [1.165, 1.54) is 5.69 Å². The average molecular weight is 301 g/mol. The topological polar surface area (TPSA) is 38.6 Å². The minimum atomic E-state index is 0.199. The lowest BCUT2D eigenvalue weighted by Crippen LogP contribution is -2.06. The van der Waals surface area contributed by atoms with E-state index < -0.39 is 0 Å². The Morgan fingerprint density at radius 2 is 2.05 bits per heavy atom. The molecule has 1 N–H and O–H groups in total. The molecule has 0 saturated carbocycles. The molecule has 110 valence electrons. The molecule has 0 aliphatic carbocycles. The third kappa shape index (κ3) is 3.03. The Morgan fingerprint density at radius 3 is 2.76 bits per heavy atom. The SMILES string of the molecule is Cc1nc2sccn2c1CNc1ccc(OC(C)C)cc1. The molecule has 0 saturated heterocycles. The van der Waals surface area contributed by atoms with E-state index in [1.54, 1.807) is 11.3 Å². The summed E-state index contributed by atoms with van der Waals surface area (Å²) in [5, 5.41) is 5.50. The summed E-state index contributed by atoms with van der Waals surface area (Å²) in [6.07, 6.45) is 2.27. The second kappa shape index (κ2) is 5.77. The number of fused-ring (bicyclic) bond motifs is 1. The summed E-state index contributed by atoms with van der Waals surface area (Å²) in [6.45, 7) is 6.87. The molecule has 3 aromatic rings. The molecule has 0 aliphatic heterocycles. The van der Waals surface area contributed by atoms with E-state index >= 15 is 0 Å². The van der Waals surface area contributed by atoms with Crippen LogP contribution in [0.25, 0.3) is 4.96 Å². The minimum Gasteiger partial charge on any atom is -0.491 e. The van der Waals surface area contributed by atoms with E-state index in [1.807, 2.05) is 38.1 Å². The van der Waals surface area contributed by atoms with Crippen LogP contribution in [0.5, 0.6) is 5.75 Å². The minimum absolute atomic E-state index is 0.199. The number of rotatable bonds is 5. The van der Waals surface area contributed by atoms with E-state index in [0.29, 0.717) is 0 Å². The first kappa shape index (κ1) is 13.9. The number of aromatic nitrogens is 2. The number of nitrogens with one attached hydrogen (secondary N) is 1. The zero-order chi connectivity index (χ0) is 14.8. The van der Waals surface area contributed by atoms with Crippen molar-refractivity contribution in [1.29, 1.82) is 0 Å². The van der Waals surface area contributed by atoms with Gasteiger partial charge in [0, 0.05) is 17.3 Å². The van der Waals surface area contributed by atoms with Crippen molar-refractivity contribution >= 4 is 22.0 Å². The molecule has 0 radical (unpaired) electrons. The van der Waals surface area contributed by atoms with Crippen molar-refractivity contribution in [3.63, 3.8) is 0 Å². The molecule has 0 bridgehead atoms. The number of hydrogen-bond donors (Lipinski definition) is 1. The molecule has 0 spiro atoms. The van der Waals surface area contributed by atoms with Crippen molar-refractivity contribution in [3.8, 4) is 5.75 Å². The maximum Gasteiger partial charge on any atom is 0.194 e. The molecule has 0 unspecified atom stereocenters. The number of aryl methyl sites for hydroxylation is 1. The normalized spacial score (nSPS) is 11.2. The number of imidazole rings is 1. The first-order valence-corrected chi connectivity index (χ1v) is 7.93. The first-order chi connectivity index (χ1) is 10.1. The second-order valence-corrected chi connectivity index (χ2v) is 6.12. The van der Waals surface area contributed by atoms with Crippen LogP contribution in [0.4, 0.5) is 5.69 Å². The molecular formula is C16H19N3OS. The summed E-state index contributed by atoms with van der Waals surface area (Å²) in [4.78, 5) is 5.60. The van der Waals surface area contributed by atoms with Gasteiger partial charge in [0.15, 0.2) is 4.96 Å². The molecule has 3 rings (SSSR count). The second-order valence-electron chi connectivity index (χ2n) is 5.24. The fourth-order valence-corrected chi connectivity index (χ4v) is 3.04. The first-order valence-electron chi connectivity index (χ1n) is 7.05. The maximum atomic E-state index is 5.65. The van der Waals surface area contributed by atoms with Gasteiger partial charge in [-0.3, -0.25) is 4.40 Å². The van der Waals surface area contributed by atoms with Crippen molar-refractivity contribution in [2.75, 3.05) is 5.32 Å². The largest absolute Gasteiger partial charge is 0.491 e. The van der Waals surface area contributed by atoms with Crippen molar-refractivity contribution in [2.24, 2.45) is 0 Å². The van der Waals surface area contributed by atoms with Crippen LogP contribution in [0.15, 0.2) is 35.8 Å². The van der Waals surface area contributed by atoms with Crippen LogP contribution in [-0.4, -0.2) is 15.5 Å². The smallest absolute Gasteiger partial charge is 0.194 e. The Balaban J connectivity index is 1.70. The lowest BCUT2D eigenvalue weighted by atomic mass is 10.2. The Morgan fingerprint density at radius 1 is 1.29 bits per heavy atom. The number of ether oxygens (including phenoxy) is 1. The third-order valence-electron chi connectivity index (χ3n) is 3.25. The van der Waals surface area contributed by atoms with Gasteiger partial charge >= 0.3 is 0 Å². The van der Waals surface area contributed by atoms with Gasteiger partial charge in [-0.2, -0.15) is 0 Å². The Bertz CT molecular complexity index is 728. The summed E-state index contributed by atoms with van der Waals surface area (Å²) >= 11 is 1.66. The van der Waals surface area contributed by atoms with E-state index in [2.05, 4.69) is 33.2 Å². The van der Waals surface area contributed by atoms with Gasteiger partial charge in [-0.1, -0.05) is 0 Å². The quantitative estimate of drug-likeness (QED) is 0.771. The van der Waals surface area contributed by atoms with Gasteiger partial charge < -0.3 is 10.1 Å².